The molecule has 5 atom stereocenters. The average molecular weight is 702 g/mol. The molecular weight excluding hydrogens is 655 g/mol. The van der Waals surface area contributed by atoms with Gasteiger partial charge in [-0.05, 0) is 73.1 Å². The monoisotopic (exact) mass is 701 g/mol. The van der Waals surface area contributed by atoms with E-state index in [1.807, 2.05) is 78.9 Å². The number of ether oxygens (including phenoxy) is 4. The maximum Gasteiger partial charge on any atom is 0.351 e. The molecule has 1 saturated heterocycles. The Morgan fingerprint density at radius 2 is 1.52 bits per heavy atom. The number of unbranched alkanes of at least 4 members (excludes halogenated alkanes) is 1. The van der Waals surface area contributed by atoms with E-state index in [0.29, 0.717) is 22.6 Å². The van der Waals surface area contributed by atoms with Gasteiger partial charge in [0.25, 0.3) is 0 Å². The molecule has 0 spiro atoms. The number of hydrogen-bond acceptors (Lipinski definition) is 10. The third-order valence-corrected chi connectivity index (χ3v) is 11.6. The number of aliphatic hydroxyl groups is 1. The molecule has 266 valence electrons. The summed E-state index contributed by atoms with van der Waals surface area (Å²) in [5.41, 5.74) is 5.88. The number of carbonyl (C=O) groups is 1. The Bertz CT molecular complexity index is 1740. The molecule has 3 N–H and O–H groups in total. The number of hydrogen-bond donors (Lipinski definition) is 2. The number of anilines is 1. The van der Waals surface area contributed by atoms with Crippen molar-refractivity contribution in [3.05, 3.63) is 118 Å². The summed E-state index contributed by atoms with van der Waals surface area (Å²) in [4.78, 5) is 30.9. The van der Waals surface area contributed by atoms with Crippen molar-refractivity contribution in [2.45, 2.75) is 82.1 Å². The SMILES string of the molecule is CCCC[Si](C)(C)O[C@@H]1[C@H](O)[C@@H](C(OC(c2ccccc2)(c2ccc(OC)cc2)c2ccc(OC)cc2)C(C)=O)O[C@H]1n1ccc(N)nc1=O. The van der Waals surface area contributed by atoms with Crippen LogP contribution in [-0.4, -0.2) is 67.4 Å². The van der Waals surface area contributed by atoms with Crippen LogP contribution in [-0.2, 0) is 24.3 Å². The fourth-order valence-corrected chi connectivity index (χ4v) is 8.84. The van der Waals surface area contributed by atoms with Crippen LogP contribution in [0.1, 0.15) is 49.6 Å². The van der Waals surface area contributed by atoms with E-state index in [1.165, 1.54) is 23.8 Å². The van der Waals surface area contributed by atoms with E-state index in [1.54, 1.807) is 14.2 Å². The predicted octanol–water partition coefficient (Wildman–Crippen LogP) is 5.46. The number of nitrogens with two attached hydrogens (primary N) is 1. The number of nitrogens with zero attached hydrogens (tertiary/aromatic N) is 2. The predicted molar refractivity (Wildman–Crippen MR) is 193 cm³/mol. The number of aromatic nitrogens is 2. The lowest BCUT2D eigenvalue weighted by molar-refractivity contribution is -0.164. The Morgan fingerprint density at radius 1 is 0.960 bits per heavy atom. The van der Waals surface area contributed by atoms with Crippen LogP contribution in [0, 0.1) is 0 Å². The van der Waals surface area contributed by atoms with Gasteiger partial charge < -0.3 is 34.2 Å². The van der Waals surface area contributed by atoms with E-state index in [-0.39, 0.29) is 11.6 Å². The van der Waals surface area contributed by atoms with Crippen LogP contribution in [0.15, 0.2) is 95.9 Å². The highest BCUT2D eigenvalue weighted by Gasteiger charge is 2.54. The zero-order valence-electron chi connectivity index (χ0n) is 29.4. The summed E-state index contributed by atoms with van der Waals surface area (Å²) in [6.45, 7) is 7.64. The Balaban J connectivity index is 1.67. The number of aliphatic hydroxyl groups excluding tert-OH is 1. The largest absolute Gasteiger partial charge is 0.497 e. The summed E-state index contributed by atoms with van der Waals surface area (Å²) in [7, 11) is 0.783. The first-order chi connectivity index (χ1) is 23.9. The van der Waals surface area contributed by atoms with Gasteiger partial charge in [0.05, 0.1) is 14.2 Å². The fraction of sp³-hybridized carbons (Fsp3) is 0.395. The van der Waals surface area contributed by atoms with Gasteiger partial charge in [-0.15, -0.1) is 0 Å². The number of ketones is 1. The smallest absolute Gasteiger partial charge is 0.351 e. The van der Waals surface area contributed by atoms with Gasteiger partial charge >= 0.3 is 5.69 Å². The van der Waals surface area contributed by atoms with E-state index in [0.717, 1.165) is 24.4 Å². The first kappa shape index (κ1) is 36.9. The molecule has 0 aliphatic carbocycles. The van der Waals surface area contributed by atoms with Crippen LogP contribution >= 0.6 is 0 Å². The van der Waals surface area contributed by atoms with Gasteiger partial charge in [-0.2, -0.15) is 4.98 Å². The molecule has 12 heteroatoms. The highest BCUT2D eigenvalue weighted by molar-refractivity contribution is 6.71. The van der Waals surface area contributed by atoms with Crippen LogP contribution in [0.2, 0.25) is 19.1 Å². The van der Waals surface area contributed by atoms with E-state index < -0.39 is 50.3 Å². The fourth-order valence-electron chi connectivity index (χ4n) is 6.53. The van der Waals surface area contributed by atoms with Gasteiger partial charge in [-0.25, -0.2) is 4.79 Å². The summed E-state index contributed by atoms with van der Waals surface area (Å²) in [6, 6.07) is 26.7. The van der Waals surface area contributed by atoms with Crippen molar-refractivity contribution in [2.24, 2.45) is 0 Å². The normalized spacial score (nSPS) is 20.0. The first-order valence-electron chi connectivity index (χ1n) is 16.8. The third-order valence-electron chi connectivity index (χ3n) is 9.14. The molecule has 1 aliphatic rings. The van der Waals surface area contributed by atoms with Crippen molar-refractivity contribution in [1.82, 2.24) is 9.55 Å². The highest BCUT2D eigenvalue weighted by Crippen LogP contribution is 2.45. The number of nitrogen functional groups attached to an aromatic ring is 1. The molecule has 1 fully saturated rings. The van der Waals surface area contributed by atoms with Crippen LogP contribution in [0.3, 0.4) is 0 Å². The van der Waals surface area contributed by atoms with Crippen molar-refractivity contribution in [1.29, 1.82) is 0 Å². The van der Waals surface area contributed by atoms with Crippen molar-refractivity contribution < 1.29 is 33.3 Å². The van der Waals surface area contributed by atoms with E-state index in [9.17, 15) is 14.7 Å². The first-order valence-corrected chi connectivity index (χ1v) is 19.9. The van der Waals surface area contributed by atoms with E-state index >= 15 is 0 Å². The summed E-state index contributed by atoms with van der Waals surface area (Å²) >= 11 is 0. The molecule has 1 aliphatic heterocycles. The second-order valence-electron chi connectivity index (χ2n) is 13.1. The molecular formula is C38H47N3O8Si. The molecule has 1 unspecified atom stereocenters. The van der Waals surface area contributed by atoms with E-state index in [4.69, 9.17) is 29.1 Å². The van der Waals surface area contributed by atoms with Crippen LogP contribution in [0.5, 0.6) is 11.5 Å². The van der Waals surface area contributed by atoms with Gasteiger partial charge in [-0.1, -0.05) is 74.4 Å². The highest BCUT2D eigenvalue weighted by atomic mass is 28.4. The minimum Gasteiger partial charge on any atom is -0.497 e. The topological polar surface area (TPSA) is 144 Å². The van der Waals surface area contributed by atoms with Gasteiger partial charge in [0.15, 0.2) is 20.3 Å². The summed E-state index contributed by atoms with van der Waals surface area (Å²) in [5, 5.41) is 12.1. The number of benzene rings is 3. The number of Topliss-reactive ketones (excluding diaryl/α,β-unsaturated/α-hetero) is 1. The Hall–Kier alpha value is -4.33. The Labute approximate surface area is 294 Å². The molecule has 11 nitrogen and oxygen atoms in total. The molecule has 4 aromatic rings. The van der Waals surface area contributed by atoms with E-state index in [2.05, 4.69) is 25.0 Å². The second kappa shape index (κ2) is 15.7. The maximum atomic E-state index is 13.9. The molecule has 0 radical (unpaired) electrons. The molecule has 5 rings (SSSR count). The minimum atomic E-state index is -2.40. The average Bonchev–Trinajstić information content (AvgIpc) is 3.42. The van der Waals surface area contributed by atoms with Crippen molar-refractivity contribution in [3.8, 4) is 11.5 Å². The molecule has 50 heavy (non-hydrogen) atoms. The number of methoxy groups -OCH3 is 2. The summed E-state index contributed by atoms with van der Waals surface area (Å²) in [5.74, 6) is 0.945. The lowest BCUT2D eigenvalue weighted by atomic mass is 9.79. The quantitative estimate of drug-likeness (QED) is 0.121. The summed E-state index contributed by atoms with van der Waals surface area (Å²) < 4.78 is 32.6. The molecule has 0 amide bonds. The van der Waals surface area contributed by atoms with Crippen molar-refractivity contribution >= 4 is 19.9 Å². The van der Waals surface area contributed by atoms with Crippen LogP contribution in [0.25, 0.3) is 0 Å². The standard InChI is InChI=1S/C38H47N3O8Si/c1-7-8-24-50(5,6)49-35-32(43)34(47-36(35)41-23-22-31(39)40-37(41)44)33(25(2)42)48-38(26-12-10-9-11-13-26,27-14-18-29(45-3)19-15-27)28-16-20-30(46-4)21-17-28/h9-23,32-36,43H,7-8,24H2,1-6H3,(H2,39,40,44)/t32-,33?,34+,35-,36-/m1/s1. The molecule has 2 heterocycles. The lowest BCUT2D eigenvalue weighted by Crippen LogP contribution is -2.50. The van der Waals surface area contributed by atoms with Gasteiger partial charge in [0.2, 0.25) is 0 Å². The van der Waals surface area contributed by atoms with Crippen molar-refractivity contribution in [2.75, 3.05) is 20.0 Å². The van der Waals surface area contributed by atoms with Crippen molar-refractivity contribution in [3.63, 3.8) is 0 Å². The zero-order valence-corrected chi connectivity index (χ0v) is 30.4. The molecule has 3 aromatic carbocycles. The van der Waals surface area contributed by atoms with Gasteiger partial charge in [-0.3, -0.25) is 9.36 Å². The van der Waals surface area contributed by atoms with Gasteiger partial charge in [0, 0.05) is 6.20 Å². The lowest BCUT2D eigenvalue weighted by Gasteiger charge is -2.40. The number of rotatable bonds is 15. The zero-order chi connectivity index (χ0) is 36.1. The summed E-state index contributed by atoms with van der Waals surface area (Å²) in [6.07, 6.45) is -2.63. The second-order valence-corrected chi connectivity index (χ2v) is 17.4. The molecule has 0 saturated carbocycles. The Morgan fingerprint density at radius 3 is 2.02 bits per heavy atom. The van der Waals surface area contributed by atoms with Gasteiger partial charge in [0.1, 0.15) is 47.3 Å². The Kier molecular flexibility index (Phi) is 11.6. The minimum absolute atomic E-state index is 0.0491. The maximum absolute atomic E-state index is 13.9. The molecule has 1 aromatic heterocycles. The third kappa shape index (κ3) is 7.69. The van der Waals surface area contributed by atoms with Crippen LogP contribution < -0.4 is 20.9 Å². The molecule has 0 bridgehead atoms. The van der Waals surface area contributed by atoms with Crippen LogP contribution in [0.4, 0.5) is 5.82 Å². The number of carbonyl (C=O) groups excluding carboxylic acids is 1.